The van der Waals surface area contributed by atoms with E-state index in [-0.39, 0.29) is 0 Å². The van der Waals surface area contributed by atoms with Crippen LogP contribution in [0, 0.1) is 0 Å². The summed E-state index contributed by atoms with van der Waals surface area (Å²) in [6.45, 7) is 0.620. The van der Waals surface area contributed by atoms with Gasteiger partial charge in [-0.1, -0.05) is 18.3 Å². The van der Waals surface area contributed by atoms with Crippen molar-refractivity contribution >= 4 is 23.0 Å². The highest BCUT2D eigenvalue weighted by molar-refractivity contribution is 7.80. The molecule has 6 heteroatoms. The van der Waals surface area contributed by atoms with Crippen molar-refractivity contribution in [2.75, 3.05) is 5.32 Å². The van der Waals surface area contributed by atoms with Crippen LogP contribution in [0.2, 0.25) is 0 Å². The number of anilines is 1. The van der Waals surface area contributed by atoms with E-state index in [1.165, 1.54) is 0 Å². The Kier molecular flexibility index (Phi) is 3.34. The number of aryl methyl sites for hydroxylation is 1. The Morgan fingerprint density at radius 3 is 2.94 bits per heavy atom. The van der Waals surface area contributed by atoms with Crippen LogP contribution < -0.4 is 11.1 Å². The fourth-order valence-electron chi connectivity index (χ4n) is 1.41. The van der Waals surface area contributed by atoms with E-state index in [1.807, 2.05) is 31.4 Å². The molecule has 0 atom stereocenters. The summed E-state index contributed by atoms with van der Waals surface area (Å²) < 4.78 is 1.76. The van der Waals surface area contributed by atoms with Gasteiger partial charge < -0.3 is 11.1 Å². The zero-order chi connectivity index (χ0) is 12.3. The van der Waals surface area contributed by atoms with E-state index in [0.29, 0.717) is 17.2 Å². The van der Waals surface area contributed by atoms with Crippen molar-refractivity contribution in [2.24, 2.45) is 12.8 Å². The summed E-state index contributed by atoms with van der Waals surface area (Å²) in [5.74, 6) is 0.737. The van der Waals surface area contributed by atoms with Crippen molar-refractivity contribution in [3.63, 3.8) is 0 Å². The molecule has 0 aliphatic heterocycles. The van der Waals surface area contributed by atoms with Crippen LogP contribution >= 0.6 is 12.2 Å². The zero-order valence-electron chi connectivity index (χ0n) is 9.42. The summed E-state index contributed by atoms with van der Waals surface area (Å²) in [7, 11) is 1.88. The molecule has 2 aromatic rings. The molecular weight excluding hydrogens is 234 g/mol. The highest BCUT2D eigenvalue weighted by atomic mass is 32.1. The molecule has 0 aliphatic carbocycles. The maximum Gasteiger partial charge on any atom is 0.127 e. The highest BCUT2D eigenvalue weighted by Gasteiger charge is 2.01. The Bertz CT molecular complexity index is 534. The largest absolute Gasteiger partial charge is 0.388 e. The molecule has 2 heterocycles. The van der Waals surface area contributed by atoms with Gasteiger partial charge in [0.05, 0.1) is 17.9 Å². The smallest absolute Gasteiger partial charge is 0.127 e. The van der Waals surface area contributed by atoms with Crippen molar-refractivity contribution in [3.8, 4) is 0 Å². The molecule has 0 amide bonds. The molecule has 0 aliphatic rings. The molecule has 5 nitrogen and oxygen atoms in total. The minimum absolute atomic E-state index is 0.298. The van der Waals surface area contributed by atoms with Gasteiger partial charge in [-0.25, -0.2) is 4.98 Å². The van der Waals surface area contributed by atoms with Gasteiger partial charge >= 0.3 is 0 Å². The number of pyridine rings is 1. The lowest BCUT2D eigenvalue weighted by Gasteiger charge is -2.05. The van der Waals surface area contributed by atoms with Crippen LogP contribution in [0.15, 0.2) is 30.5 Å². The molecule has 17 heavy (non-hydrogen) atoms. The van der Waals surface area contributed by atoms with E-state index in [0.717, 1.165) is 11.5 Å². The lowest BCUT2D eigenvalue weighted by Crippen LogP contribution is -2.12. The van der Waals surface area contributed by atoms with Gasteiger partial charge in [-0.2, -0.15) is 5.10 Å². The number of hydrogen-bond donors (Lipinski definition) is 2. The molecule has 3 N–H and O–H groups in total. The van der Waals surface area contributed by atoms with E-state index in [4.69, 9.17) is 18.0 Å². The van der Waals surface area contributed by atoms with Crippen LogP contribution in [0.1, 0.15) is 11.4 Å². The summed E-state index contributed by atoms with van der Waals surface area (Å²) >= 11 is 4.87. The number of aromatic nitrogens is 3. The lowest BCUT2D eigenvalue weighted by atomic mass is 10.3. The topological polar surface area (TPSA) is 68.8 Å². The molecular formula is C11H13N5S. The Labute approximate surface area is 105 Å². The molecule has 88 valence electrons. The van der Waals surface area contributed by atoms with Crippen LogP contribution in [-0.2, 0) is 13.6 Å². The summed E-state index contributed by atoms with van der Waals surface area (Å²) in [6, 6.07) is 7.46. The molecule has 0 unspecified atom stereocenters. The Hall–Kier alpha value is -1.95. The highest BCUT2D eigenvalue weighted by Crippen LogP contribution is 2.06. The normalized spacial score (nSPS) is 10.2. The van der Waals surface area contributed by atoms with Crippen molar-refractivity contribution in [2.45, 2.75) is 6.54 Å². The Morgan fingerprint density at radius 1 is 1.47 bits per heavy atom. The van der Waals surface area contributed by atoms with Crippen LogP contribution in [0.4, 0.5) is 5.82 Å². The number of nitrogens with zero attached hydrogens (tertiary/aromatic N) is 3. The summed E-state index contributed by atoms with van der Waals surface area (Å²) in [5.41, 5.74) is 7.09. The predicted octanol–water partition coefficient (Wildman–Crippen LogP) is 1.06. The first-order valence-corrected chi connectivity index (χ1v) is 5.55. The van der Waals surface area contributed by atoms with Gasteiger partial charge in [0.1, 0.15) is 10.8 Å². The molecule has 0 saturated heterocycles. The molecule has 0 saturated carbocycles. The molecule has 0 radical (unpaired) electrons. The molecule has 2 rings (SSSR count). The molecule has 2 aromatic heterocycles. The minimum Gasteiger partial charge on any atom is -0.388 e. The van der Waals surface area contributed by atoms with E-state index in [1.54, 1.807) is 10.7 Å². The van der Waals surface area contributed by atoms with Crippen molar-refractivity contribution < 1.29 is 0 Å². The van der Waals surface area contributed by atoms with Gasteiger partial charge in [0, 0.05) is 13.2 Å². The van der Waals surface area contributed by atoms with E-state index in [2.05, 4.69) is 15.4 Å². The molecule has 0 bridgehead atoms. The number of nitrogens with two attached hydrogens (primary N) is 1. The second kappa shape index (κ2) is 4.92. The third-order valence-electron chi connectivity index (χ3n) is 2.22. The predicted molar refractivity (Wildman–Crippen MR) is 70.7 cm³/mol. The first kappa shape index (κ1) is 11.5. The number of rotatable bonds is 4. The van der Waals surface area contributed by atoms with E-state index < -0.39 is 0 Å². The quantitative estimate of drug-likeness (QED) is 0.791. The van der Waals surface area contributed by atoms with Gasteiger partial charge in [0.25, 0.3) is 0 Å². The fraction of sp³-hybridized carbons (Fsp3) is 0.182. The van der Waals surface area contributed by atoms with Gasteiger partial charge in [0.2, 0.25) is 0 Å². The maximum absolute atomic E-state index is 5.52. The van der Waals surface area contributed by atoms with E-state index in [9.17, 15) is 0 Å². The number of thiocarbonyl (C=S) groups is 1. The summed E-state index contributed by atoms with van der Waals surface area (Å²) in [6.07, 6.45) is 1.90. The minimum atomic E-state index is 0.298. The van der Waals surface area contributed by atoms with Gasteiger partial charge in [-0.3, -0.25) is 4.68 Å². The molecule has 0 aromatic carbocycles. The molecule has 0 spiro atoms. The first-order chi connectivity index (χ1) is 8.15. The standard InChI is InChI=1S/C11H13N5S/c1-16-6-5-8(15-16)7-13-10-4-2-3-9(14-10)11(12)17/h2-6H,7H2,1H3,(H2,12,17)(H,13,14). The van der Waals surface area contributed by atoms with Gasteiger partial charge in [-0.15, -0.1) is 0 Å². The Balaban J connectivity index is 2.04. The first-order valence-electron chi connectivity index (χ1n) is 5.14. The van der Waals surface area contributed by atoms with Gasteiger partial charge in [-0.05, 0) is 18.2 Å². The maximum atomic E-state index is 5.52. The number of hydrogen-bond acceptors (Lipinski definition) is 4. The van der Waals surface area contributed by atoms with Crippen molar-refractivity contribution in [3.05, 3.63) is 41.9 Å². The fourth-order valence-corrected chi connectivity index (χ4v) is 1.52. The summed E-state index contributed by atoms with van der Waals surface area (Å²) in [5, 5.41) is 7.43. The van der Waals surface area contributed by atoms with Crippen LogP contribution in [0.3, 0.4) is 0 Å². The van der Waals surface area contributed by atoms with Gasteiger partial charge in [0.15, 0.2) is 0 Å². The Morgan fingerprint density at radius 2 is 2.29 bits per heavy atom. The van der Waals surface area contributed by atoms with Crippen LogP contribution in [-0.4, -0.2) is 19.8 Å². The SMILES string of the molecule is Cn1ccc(CNc2cccc(C(N)=S)n2)n1. The van der Waals surface area contributed by atoms with Crippen LogP contribution in [0.25, 0.3) is 0 Å². The second-order valence-electron chi connectivity index (χ2n) is 3.61. The summed E-state index contributed by atoms with van der Waals surface area (Å²) in [4.78, 5) is 4.58. The second-order valence-corrected chi connectivity index (χ2v) is 4.05. The third kappa shape index (κ3) is 3.01. The zero-order valence-corrected chi connectivity index (χ0v) is 10.2. The average Bonchev–Trinajstić information content (AvgIpc) is 2.73. The van der Waals surface area contributed by atoms with Crippen molar-refractivity contribution in [1.29, 1.82) is 0 Å². The number of nitrogens with one attached hydrogen (secondary N) is 1. The third-order valence-corrected chi connectivity index (χ3v) is 2.43. The van der Waals surface area contributed by atoms with E-state index >= 15 is 0 Å². The lowest BCUT2D eigenvalue weighted by molar-refractivity contribution is 0.747. The van der Waals surface area contributed by atoms with Crippen molar-refractivity contribution in [1.82, 2.24) is 14.8 Å². The van der Waals surface area contributed by atoms with Crippen LogP contribution in [0.5, 0.6) is 0 Å². The average molecular weight is 247 g/mol. The monoisotopic (exact) mass is 247 g/mol. The molecule has 0 fully saturated rings.